The summed E-state index contributed by atoms with van der Waals surface area (Å²) in [6, 6.07) is 0. The lowest BCUT2D eigenvalue weighted by molar-refractivity contribution is -0.384. The van der Waals surface area contributed by atoms with E-state index in [1.54, 1.807) is 0 Å². The van der Waals surface area contributed by atoms with Crippen LogP contribution in [0.25, 0.3) is 0 Å². The van der Waals surface area contributed by atoms with Gasteiger partial charge in [-0.25, -0.2) is 0 Å². The highest BCUT2D eigenvalue weighted by Crippen LogP contribution is 2.23. The van der Waals surface area contributed by atoms with Gasteiger partial charge in [-0.2, -0.15) is 4.94 Å². The van der Waals surface area contributed by atoms with E-state index in [9.17, 15) is 4.53 Å². The Hall–Kier alpha value is -0.230. The zero-order valence-electron chi connectivity index (χ0n) is 9.92. The Kier molecular flexibility index (Phi) is 7.86. The van der Waals surface area contributed by atoms with E-state index in [4.69, 9.17) is 14.2 Å². The Bertz CT molecular complexity index is 154. The molecule has 0 N–H and O–H groups in total. The normalized spacial score (nSPS) is 15.6. The lowest BCUT2D eigenvalue weighted by atomic mass is 10.2. The Morgan fingerprint density at radius 1 is 1.33 bits per heavy atom. The molecule has 5 heteroatoms. The van der Waals surface area contributed by atoms with E-state index >= 15 is 0 Å². The number of halogens is 1. The summed E-state index contributed by atoms with van der Waals surface area (Å²) >= 11 is 0. The van der Waals surface area contributed by atoms with Crippen LogP contribution in [0.1, 0.15) is 33.6 Å². The van der Waals surface area contributed by atoms with Gasteiger partial charge in [0.1, 0.15) is 0 Å². The molecule has 4 nitrogen and oxygen atoms in total. The van der Waals surface area contributed by atoms with Crippen molar-refractivity contribution in [3.05, 3.63) is 0 Å². The van der Waals surface area contributed by atoms with E-state index in [0.29, 0.717) is 19.4 Å². The standard InChI is InChI=1S/C10H21FO4/c1-5-13-10(12-4,15-9(2)3)7-6-8-14-11/h9H,5-8H2,1-4H3. The van der Waals surface area contributed by atoms with Crippen molar-refractivity contribution in [1.82, 2.24) is 0 Å². The number of rotatable bonds is 9. The maximum atomic E-state index is 11.5. The third-order valence-corrected chi connectivity index (χ3v) is 1.79. The van der Waals surface area contributed by atoms with Crippen molar-refractivity contribution in [2.45, 2.75) is 45.7 Å². The molecule has 0 bridgehead atoms. The molecule has 0 spiro atoms. The Labute approximate surface area is 90.5 Å². The molecule has 92 valence electrons. The Balaban J connectivity index is 4.22. The predicted octanol–water partition coefficient (Wildman–Crippen LogP) is 2.43. The minimum absolute atomic E-state index is 0.0135. The highest BCUT2D eigenvalue weighted by atomic mass is 19.3. The van der Waals surface area contributed by atoms with E-state index in [1.807, 2.05) is 20.8 Å². The number of ether oxygens (including phenoxy) is 3. The largest absolute Gasteiger partial charge is 0.331 e. The lowest BCUT2D eigenvalue weighted by Crippen LogP contribution is -2.40. The second kappa shape index (κ2) is 7.98. The van der Waals surface area contributed by atoms with Crippen molar-refractivity contribution >= 4 is 0 Å². The summed E-state index contributed by atoms with van der Waals surface area (Å²) in [6.45, 7) is 6.11. The van der Waals surface area contributed by atoms with E-state index in [-0.39, 0.29) is 12.7 Å². The Morgan fingerprint density at radius 2 is 2.00 bits per heavy atom. The summed E-state index contributed by atoms with van der Waals surface area (Å²) in [6.07, 6.45) is 0.874. The molecule has 15 heavy (non-hydrogen) atoms. The van der Waals surface area contributed by atoms with Crippen molar-refractivity contribution < 1.29 is 23.7 Å². The molecule has 0 aromatic heterocycles. The van der Waals surface area contributed by atoms with Crippen LogP contribution >= 0.6 is 0 Å². The van der Waals surface area contributed by atoms with E-state index in [1.165, 1.54) is 7.11 Å². The Morgan fingerprint density at radius 3 is 2.40 bits per heavy atom. The summed E-state index contributed by atoms with van der Waals surface area (Å²) < 4.78 is 27.7. The molecule has 0 amide bonds. The zero-order chi connectivity index (χ0) is 11.7. The van der Waals surface area contributed by atoms with E-state index in [2.05, 4.69) is 4.94 Å². The first-order valence-electron chi connectivity index (χ1n) is 5.20. The van der Waals surface area contributed by atoms with Crippen molar-refractivity contribution in [2.24, 2.45) is 0 Å². The van der Waals surface area contributed by atoms with Crippen LogP contribution < -0.4 is 0 Å². The smallest absolute Gasteiger partial charge is 0.282 e. The van der Waals surface area contributed by atoms with Gasteiger partial charge in [-0.05, 0) is 31.7 Å². The van der Waals surface area contributed by atoms with Gasteiger partial charge in [-0.1, -0.05) is 0 Å². The average molecular weight is 224 g/mol. The fraction of sp³-hybridized carbons (Fsp3) is 1.00. The quantitative estimate of drug-likeness (QED) is 0.445. The number of hydrogen-bond acceptors (Lipinski definition) is 4. The monoisotopic (exact) mass is 224 g/mol. The fourth-order valence-corrected chi connectivity index (χ4v) is 1.30. The molecule has 0 heterocycles. The highest BCUT2D eigenvalue weighted by Gasteiger charge is 2.32. The molecule has 0 aliphatic carbocycles. The van der Waals surface area contributed by atoms with Gasteiger partial charge < -0.3 is 14.2 Å². The first kappa shape index (κ1) is 14.8. The van der Waals surface area contributed by atoms with Gasteiger partial charge in [0.2, 0.25) is 0 Å². The molecule has 0 saturated carbocycles. The van der Waals surface area contributed by atoms with E-state index < -0.39 is 5.97 Å². The van der Waals surface area contributed by atoms with Gasteiger partial charge >= 0.3 is 0 Å². The minimum Gasteiger partial charge on any atom is -0.331 e. The second-order valence-corrected chi connectivity index (χ2v) is 3.40. The SMILES string of the molecule is CCOC(CCCOF)(OC)OC(C)C. The zero-order valence-corrected chi connectivity index (χ0v) is 9.92. The van der Waals surface area contributed by atoms with Crippen molar-refractivity contribution in [3.63, 3.8) is 0 Å². The van der Waals surface area contributed by atoms with Crippen molar-refractivity contribution in [2.75, 3.05) is 20.3 Å². The first-order chi connectivity index (χ1) is 7.10. The molecule has 0 rings (SSSR count). The molecular weight excluding hydrogens is 203 g/mol. The molecule has 0 saturated heterocycles. The van der Waals surface area contributed by atoms with Gasteiger partial charge in [-0.3, -0.25) is 0 Å². The molecule has 0 aliphatic rings. The molecule has 0 aromatic rings. The summed E-state index contributed by atoms with van der Waals surface area (Å²) in [5.41, 5.74) is 0. The summed E-state index contributed by atoms with van der Waals surface area (Å²) in [5.74, 6) is -1.08. The van der Waals surface area contributed by atoms with Crippen molar-refractivity contribution in [1.29, 1.82) is 0 Å². The third-order valence-electron chi connectivity index (χ3n) is 1.79. The summed E-state index contributed by atoms with van der Waals surface area (Å²) in [7, 11) is 1.51. The number of methoxy groups -OCH3 is 1. The van der Waals surface area contributed by atoms with Gasteiger partial charge in [0.25, 0.3) is 5.97 Å². The van der Waals surface area contributed by atoms with Gasteiger partial charge in [0.15, 0.2) is 0 Å². The molecule has 1 unspecified atom stereocenters. The van der Waals surface area contributed by atoms with Crippen LogP contribution in [0.2, 0.25) is 0 Å². The van der Waals surface area contributed by atoms with Crippen molar-refractivity contribution in [3.8, 4) is 0 Å². The minimum atomic E-state index is -1.08. The molecule has 0 aliphatic heterocycles. The highest BCUT2D eigenvalue weighted by molar-refractivity contribution is 4.59. The van der Waals surface area contributed by atoms with Gasteiger partial charge in [0.05, 0.1) is 12.7 Å². The van der Waals surface area contributed by atoms with E-state index in [0.717, 1.165) is 0 Å². The van der Waals surface area contributed by atoms with Gasteiger partial charge in [0, 0.05) is 20.1 Å². The van der Waals surface area contributed by atoms with Crippen LogP contribution in [-0.2, 0) is 19.2 Å². The lowest BCUT2D eigenvalue weighted by Gasteiger charge is -2.33. The average Bonchev–Trinajstić information content (AvgIpc) is 2.17. The molecule has 0 aromatic carbocycles. The van der Waals surface area contributed by atoms with Crippen LogP contribution in [0.3, 0.4) is 0 Å². The van der Waals surface area contributed by atoms with Crippen LogP contribution in [0.4, 0.5) is 4.53 Å². The van der Waals surface area contributed by atoms with Gasteiger partial charge in [-0.15, -0.1) is 0 Å². The molecule has 0 radical (unpaired) electrons. The topological polar surface area (TPSA) is 36.9 Å². The number of hydrogen-bond donors (Lipinski definition) is 0. The van der Waals surface area contributed by atoms with Crippen LogP contribution in [-0.4, -0.2) is 32.4 Å². The maximum absolute atomic E-state index is 11.5. The predicted molar refractivity (Wildman–Crippen MR) is 53.9 cm³/mol. The van der Waals surface area contributed by atoms with Crippen LogP contribution in [0.5, 0.6) is 0 Å². The summed E-state index contributed by atoms with van der Waals surface area (Å²) in [4.78, 5) is 3.50. The maximum Gasteiger partial charge on any atom is 0.282 e. The van der Waals surface area contributed by atoms with Crippen LogP contribution in [0, 0.1) is 0 Å². The first-order valence-corrected chi connectivity index (χ1v) is 5.20. The second-order valence-electron chi connectivity index (χ2n) is 3.40. The molecular formula is C10H21FO4. The summed E-state index contributed by atoms with van der Waals surface area (Å²) in [5, 5.41) is 0. The molecule has 1 atom stereocenters. The third kappa shape index (κ3) is 6.04. The molecule has 0 fully saturated rings. The fourth-order valence-electron chi connectivity index (χ4n) is 1.30. The van der Waals surface area contributed by atoms with Crippen LogP contribution in [0.15, 0.2) is 0 Å².